The lowest BCUT2D eigenvalue weighted by atomic mass is 10.2. The molecule has 0 saturated carbocycles. The number of halogens is 1. The van der Waals surface area contributed by atoms with Crippen LogP contribution in [-0.2, 0) is 0 Å². The highest BCUT2D eigenvalue weighted by Gasteiger charge is 2.03. The molecule has 14 heavy (non-hydrogen) atoms. The summed E-state index contributed by atoms with van der Waals surface area (Å²) in [5.74, 6) is 0. The Balaban J connectivity index is 2.33. The first-order valence-electron chi connectivity index (χ1n) is 3.93. The van der Waals surface area contributed by atoms with Crippen LogP contribution in [0.1, 0.15) is 0 Å². The van der Waals surface area contributed by atoms with Crippen molar-refractivity contribution in [3.63, 3.8) is 0 Å². The minimum atomic E-state index is 0.978. The largest absolute Gasteiger partial charge is 0.178 e. The first-order valence-corrected chi connectivity index (χ1v) is 7.05. The lowest BCUT2D eigenvalue weighted by molar-refractivity contribution is 1.07. The number of hydrogen-bond donors (Lipinski definition) is 0. The minimum absolute atomic E-state index is 0.978. The van der Waals surface area contributed by atoms with Crippen LogP contribution in [0.15, 0.2) is 29.2 Å². The highest BCUT2D eigenvalue weighted by molar-refractivity contribution is 14.1. The van der Waals surface area contributed by atoms with E-state index in [0.717, 1.165) is 13.6 Å². The van der Waals surface area contributed by atoms with Crippen molar-refractivity contribution in [3.05, 3.63) is 27.3 Å². The van der Waals surface area contributed by atoms with Crippen LogP contribution in [0.4, 0.5) is 0 Å². The van der Waals surface area contributed by atoms with Crippen LogP contribution in [0.5, 0.6) is 0 Å². The second-order valence-electron chi connectivity index (χ2n) is 2.59. The summed E-state index contributed by atoms with van der Waals surface area (Å²) in [5, 5.41) is 9.07. The Morgan fingerprint density at radius 1 is 1.21 bits per heavy atom. The van der Waals surface area contributed by atoms with Gasteiger partial charge < -0.3 is 0 Å². The van der Waals surface area contributed by atoms with E-state index in [4.69, 9.17) is 0 Å². The summed E-state index contributed by atoms with van der Waals surface area (Å²) in [7, 11) is 0. The molecule has 2 aromatic rings. The molecule has 2 rings (SSSR count). The first kappa shape index (κ1) is 10.4. The van der Waals surface area contributed by atoms with Crippen LogP contribution in [-0.4, -0.2) is 16.5 Å². The molecule has 0 spiro atoms. The zero-order valence-corrected chi connectivity index (χ0v) is 11.2. The third kappa shape index (κ3) is 2.26. The van der Waals surface area contributed by atoms with Gasteiger partial charge in [0.2, 0.25) is 0 Å². The second-order valence-corrected chi connectivity index (χ2v) is 6.20. The van der Waals surface area contributed by atoms with Gasteiger partial charge in [-0.05, 0) is 41.0 Å². The molecule has 5 heteroatoms. The zero-order chi connectivity index (χ0) is 9.97. The van der Waals surface area contributed by atoms with E-state index < -0.39 is 0 Å². The molecule has 0 N–H and O–H groups in total. The molecule has 1 aromatic carbocycles. The Bertz CT molecular complexity index is 425. The van der Waals surface area contributed by atoms with Crippen molar-refractivity contribution in [2.45, 2.75) is 4.90 Å². The quantitative estimate of drug-likeness (QED) is 0.621. The van der Waals surface area contributed by atoms with E-state index in [2.05, 4.69) is 63.3 Å². The summed E-state index contributed by atoms with van der Waals surface area (Å²) >= 11 is 5.54. The van der Waals surface area contributed by atoms with E-state index >= 15 is 0 Å². The van der Waals surface area contributed by atoms with Crippen LogP contribution in [0, 0.1) is 3.01 Å². The molecular weight excluding hydrogens is 327 g/mol. The molecule has 0 aliphatic carbocycles. The van der Waals surface area contributed by atoms with Crippen molar-refractivity contribution >= 4 is 45.7 Å². The third-order valence-electron chi connectivity index (χ3n) is 1.74. The molecule has 0 aliphatic rings. The standard InChI is InChI=1S/C9H7IN2S2/c1-13-7-4-2-6(3-5-7)8-11-12-9(10)14-8/h2-5H,1H3. The van der Waals surface area contributed by atoms with E-state index in [1.54, 1.807) is 23.1 Å². The van der Waals surface area contributed by atoms with Crippen LogP contribution >= 0.6 is 45.7 Å². The molecule has 0 saturated heterocycles. The van der Waals surface area contributed by atoms with Crippen molar-refractivity contribution in [3.8, 4) is 10.6 Å². The Hall–Kier alpha value is -0.140. The van der Waals surface area contributed by atoms with E-state index in [0.29, 0.717) is 0 Å². The molecule has 0 amide bonds. The molecule has 2 nitrogen and oxygen atoms in total. The topological polar surface area (TPSA) is 25.8 Å². The van der Waals surface area contributed by atoms with Crippen LogP contribution in [0.2, 0.25) is 0 Å². The van der Waals surface area contributed by atoms with E-state index in [1.807, 2.05) is 0 Å². The Morgan fingerprint density at radius 2 is 1.93 bits per heavy atom. The van der Waals surface area contributed by atoms with Gasteiger partial charge >= 0.3 is 0 Å². The van der Waals surface area contributed by atoms with Crippen molar-refractivity contribution in [2.75, 3.05) is 6.26 Å². The molecule has 0 bridgehead atoms. The first-order chi connectivity index (χ1) is 6.79. The molecule has 0 aliphatic heterocycles. The summed E-state index contributed by atoms with van der Waals surface area (Å²) in [5.41, 5.74) is 1.14. The van der Waals surface area contributed by atoms with Gasteiger partial charge in [0.1, 0.15) is 5.01 Å². The minimum Gasteiger partial charge on any atom is -0.137 e. The molecular formula is C9H7IN2S2. The number of benzene rings is 1. The van der Waals surface area contributed by atoms with Gasteiger partial charge in [0.15, 0.2) is 3.01 Å². The normalized spacial score (nSPS) is 10.4. The Morgan fingerprint density at radius 3 is 2.43 bits per heavy atom. The fourth-order valence-corrected chi connectivity index (χ4v) is 2.77. The smallest absolute Gasteiger partial charge is 0.137 e. The molecule has 72 valence electrons. The number of nitrogens with zero attached hydrogens (tertiary/aromatic N) is 2. The predicted octanol–water partition coefficient (Wildman–Crippen LogP) is 3.53. The molecule has 1 aromatic heterocycles. The number of thioether (sulfide) groups is 1. The van der Waals surface area contributed by atoms with Crippen LogP contribution in [0.25, 0.3) is 10.6 Å². The van der Waals surface area contributed by atoms with E-state index in [9.17, 15) is 0 Å². The number of rotatable bonds is 2. The highest BCUT2D eigenvalue weighted by atomic mass is 127. The summed E-state index contributed by atoms with van der Waals surface area (Å²) in [6, 6.07) is 8.38. The van der Waals surface area contributed by atoms with Gasteiger partial charge in [-0.15, -0.1) is 22.0 Å². The lowest BCUT2D eigenvalue weighted by Gasteiger charge is -1.97. The average Bonchev–Trinajstić information content (AvgIpc) is 2.65. The van der Waals surface area contributed by atoms with Gasteiger partial charge in [0, 0.05) is 10.5 Å². The molecule has 0 unspecified atom stereocenters. The molecule has 0 fully saturated rings. The van der Waals surface area contributed by atoms with Gasteiger partial charge in [-0.1, -0.05) is 23.5 Å². The molecule has 0 atom stereocenters. The third-order valence-corrected chi connectivity index (χ3v) is 4.12. The van der Waals surface area contributed by atoms with Crippen molar-refractivity contribution in [1.29, 1.82) is 0 Å². The van der Waals surface area contributed by atoms with E-state index in [1.165, 1.54) is 4.90 Å². The maximum atomic E-state index is 4.10. The zero-order valence-electron chi connectivity index (χ0n) is 7.40. The average molecular weight is 334 g/mol. The number of hydrogen-bond acceptors (Lipinski definition) is 4. The highest BCUT2D eigenvalue weighted by Crippen LogP contribution is 2.26. The van der Waals surface area contributed by atoms with Crippen molar-refractivity contribution in [1.82, 2.24) is 10.2 Å². The maximum absolute atomic E-state index is 4.10. The summed E-state index contributed by atoms with van der Waals surface area (Å²) in [6.45, 7) is 0. The number of aromatic nitrogens is 2. The molecule has 0 radical (unpaired) electrons. The summed E-state index contributed by atoms with van der Waals surface area (Å²) in [6.07, 6.45) is 2.07. The fourth-order valence-electron chi connectivity index (χ4n) is 1.06. The van der Waals surface area contributed by atoms with Gasteiger partial charge in [-0.2, -0.15) is 0 Å². The van der Waals surface area contributed by atoms with Crippen molar-refractivity contribution in [2.24, 2.45) is 0 Å². The van der Waals surface area contributed by atoms with Crippen LogP contribution < -0.4 is 0 Å². The second kappa shape index (κ2) is 4.59. The maximum Gasteiger partial charge on any atom is 0.178 e. The monoisotopic (exact) mass is 334 g/mol. The Labute approximate surface area is 104 Å². The van der Waals surface area contributed by atoms with Gasteiger partial charge in [0.05, 0.1) is 0 Å². The lowest BCUT2D eigenvalue weighted by Crippen LogP contribution is -1.76. The molecule has 1 heterocycles. The Kier molecular flexibility index (Phi) is 3.40. The SMILES string of the molecule is CSc1ccc(-c2nnc(I)s2)cc1. The van der Waals surface area contributed by atoms with Gasteiger partial charge in [-0.3, -0.25) is 0 Å². The fraction of sp³-hybridized carbons (Fsp3) is 0.111. The van der Waals surface area contributed by atoms with E-state index in [-0.39, 0.29) is 0 Å². The van der Waals surface area contributed by atoms with Crippen LogP contribution in [0.3, 0.4) is 0 Å². The summed E-state index contributed by atoms with van der Waals surface area (Å²) in [4.78, 5) is 1.27. The predicted molar refractivity (Wildman–Crippen MR) is 69.8 cm³/mol. The summed E-state index contributed by atoms with van der Waals surface area (Å²) < 4.78 is 0.978. The van der Waals surface area contributed by atoms with Gasteiger partial charge in [0.25, 0.3) is 0 Å². The van der Waals surface area contributed by atoms with Gasteiger partial charge in [-0.25, -0.2) is 0 Å². The van der Waals surface area contributed by atoms with Crippen molar-refractivity contribution < 1.29 is 0 Å².